The van der Waals surface area contributed by atoms with Gasteiger partial charge in [0.1, 0.15) is 0 Å². The molecule has 1 saturated carbocycles. The average molecular weight is 608 g/mol. The molecular weight excluding hydrogens is 567 g/mol. The molecule has 2 unspecified atom stereocenters. The second-order valence-electron chi connectivity index (χ2n) is 14.4. The lowest BCUT2D eigenvalue weighted by Gasteiger charge is -2.50. The van der Waals surface area contributed by atoms with Gasteiger partial charge in [0.05, 0.1) is 5.54 Å². The summed E-state index contributed by atoms with van der Waals surface area (Å²) in [6, 6.07) is 47.6. The molecule has 0 N–H and O–H groups in total. The normalized spacial score (nSPS) is 20.6. The Kier molecular flexibility index (Phi) is 6.22. The van der Waals surface area contributed by atoms with Crippen LogP contribution in [0, 0.1) is 13.8 Å². The molecule has 1 heterocycles. The molecule has 1 aliphatic carbocycles. The van der Waals surface area contributed by atoms with Crippen LogP contribution >= 0.6 is 0 Å². The summed E-state index contributed by atoms with van der Waals surface area (Å²) in [5.74, 6) is 0. The van der Waals surface area contributed by atoms with E-state index in [1.807, 2.05) is 0 Å². The fourth-order valence-electron chi connectivity index (χ4n) is 9.54. The van der Waals surface area contributed by atoms with Crippen molar-refractivity contribution in [3.8, 4) is 22.3 Å². The van der Waals surface area contributed by atoms with Crippen LogP contribution in [0.25, 0.3) is 54.6 Å². The van der Waals surface area contributed by atoms with Crippen molar-refractivity contribution >= 4 is 43.7 Å². The van der Waals surface area contributed by atoms with Crippen LogP contribution in [0.1, 0.15) is 56.2 Å². The van der Waals surface area contributed by atoms with Gasteiger partial charge in [-0.15, -0.1) is 0 Å². The molecule has 0 spiro atoms. The largest absolute Gasteiger partial charge is 0.334 e. The van der Waals surface area contributed by atoms with E-state index in [1.54, 1.807) is 0 Å². The van der Waals surface area contributed by atoms with E-state index in [4.69, 9.17) is 0 Å². The zero-order valence-electron chi connectivity index (χ0n) is 27.9. The Morgan fingerprint density at radius 3 is 1.70 bits per heavy atom. The summed E-state index contributed by atoms with van der Waals surface area (Å²) in [6.45, 7) is 9.85. The number of hydrogen-bond acceptors (Lipinski definition) is 1. The summed E-state index contributed by atoms with van der Waals surface area (Å²) in [5.41, 5.74) is 12.5. The van der Waals surface area contributed by atoms with Gasteiger partial charge >= 0.3 is 0 Å². The predicted octanol–water partition coefficient (Wildman–Crippen LogP) is 12.8. The lowest BCUT2D eigenvalue weighted by atomic mass is 9.61. The van der Waals surface area contributed by atoms with Crippen molar-refractivity contribution in [1.82, 2.24) is 0 Å². The number of nitrogens with zero attached hydrogens (tertiary/aromatic N) is 1. The maximum Gasteiger partial charge on any atom is 0.0518 e. The highest BCUT2D eigenvalue weighted by molar-refractivity contribution is 6.23. The molecule has 1 aliphatic heterocycles. The van der Waals surface area contributed by atoms with Crippen molar-refractivity contribution in [2.75, 3.05) is 4.90 Å². The summed E-state index contributed by atoms with van der Waals surface area (Å²) in [6.07, 6.45) is 4.97. The van der Waals surface area contributed by atoms with Gasteiger partial charge in [0.25, 0.3) is 0 Å². The van der Waals surface area contributed by atoms with E-state index >= 15 is 0 Å². The molecule has 2 atom stereocenters. The van der Waals surface area contributed by atoms with E-state index in [2.05, 4.69) is 160 Å². The fourth-order valence-corrected chi connectivity index (χ4v) is 9.54. The standard InChI is InChI=1S/C46H41N/c1-30-31(2)44-41(45(3)27-14-15-28-46(45,4)47(44)33-19-6-5-7-20-33)29-40(30)43-38-24-12-10-22-36(38)42(37-23-11-13-25-39(37)43)35-26-16-18-32-17-8-9-21-34(32)35/h5-13,16-26,29H,14-15,27-28H2,1-4H3. The third-order valence-corrected chi connectivity index (χ3v) is 12.2. The van der Waals surface area contributed by atoms with Crippen LogP contribution in [0.2, 0.25) is 0 Å². The number of fused-ring (bicyclic) bond motifs is 6. The predicted molar refractivity (Wildman–Crippen MR) is 202 cm³/mol. The molecule has 7 aromatic carbocycles. The van der Waals surface area contributed by atoms with Crippen molar-refractivity contribution in [3.05, 3.63) is 144 Å². The Labute approximate surface area is 278 Å². The van der Waals surface area contributed by atoms with Gasteiger partial charge in [-0.25, -0.2) is 0 Å². The zero-order valence-corrected chi connectivity index (χ0v) is 27.9. The van der Waals surface area contributed by atoms with Gasteiger partial charge in [0.2, 0.25) is 0 Å². The molecular formula is C46H41N. The summed E-state index contributed by atoms with van der Waals surface area (Å²) in [5, 5.41) is 7.86. The van der Waals surface area contributed by atoms with Gasteiger partial charge in [-0.3, -0.25) is 0 Å². The minimum Gasteiger partial charge on any atom is -0.334 e. The summed E-state index contributed by atoms with van der Waals surface area (Å²) >= 11 is 0. The van der Waals surface area contributed by atoms with Gasteiger partial charge in [-0.1, -0.05) is 129 Å². The van der Waals surface area contributed by atoms with Crippen molar-refractivity contribution < 1.29 is 0 Å². The van der Waals surface area contributed by atoms with Gasteiger partial charge in [0.15, 0.2) is 0 Å². The van der Waals surface area contributed by atoms with Crippen LogP contribution in [0.3, 0.4) is 0 Å². The molecule has 47 heavy (non-hydrogen) atoms. The monoisotopic (exact) mass is 607 g/mol. The Bertz CT molecular complexity index is 2300. The van der Waals surface area contributed by atoms with Crippen molar-refractivity contribution in [1.29, 1.82) is 0 Å². The molecule has 0 amide bonds. The number of hydrogen-bond donors (Lipinski definition) is 0. The van der Waals surface area contributed by atoms with Crippen LogP contribution in [0.5, 0.6) is 0 Å². The number of rotatable bonds is 3. The van der Waals surface area contributed by atoms with E-state index in [9.17, 15) is 0 Å². The van der Waals surface area contributed by atoms with E-state index in [1.165, 1.54) is 108 Å². The zero-order chi connectivity index (χ0) is 31.9. The second kappa shape index (κ2) is 10.3. The van der Waals surface area contributed by atoms with E-state index in [0.717, 1.165) is 0 Å². The summed E-state index contributed by atoms with van der Waals surface area (Å²) in [7, 11) is 0. The topological polar surface area (TPSA) is 3.24 Å². The highest BCUT2D eigenvalue weighted by Gasteiger charge is 2.58. The molecule has 9 rings (SSSR count). The third kappa shape index (κ3) is 3.83. The molecule has 0 radical (unpaired) electrons. The number of para-hydroxylation sites is 1. The molecule has 0 saturated heterocycles. The van der Waals surface area contributed by atoms with E-state index in [0.29, 0.717) is 0 Å². The molecule has 1 heteroatoms. The molecule has 0 aromatic heterocycles. The number of benzene rings is 7. The maximum atomic E-state index is 2.73. The quantitative estimate of drug-likeness (QED) is 0.181. The van der Waals surface area contributed by atoms with Gasteiger partial charge in [0, 0.05) is 16.8 Å². The number of anilines is 2. The van der Waals surface area contributed by atoms with Crippen LogP contribution < -0.4 is 4.90 Å². The first-order valence-electron chi connectivity index (χ1n) is 17.3. The van der Waals surface area contributed by atoms with Crippen LogP contribution in [-0.2, 0) is 5.41 Å². The van der Waals surface area contributed by atoms with Crippen molar-refractivity contribution in [2.24, 2.45) is 0 Å². The van der Waals surface area contributed by atoms with Crippen LogP contribution in [-0.4, -0.2) is 5.54 Å². The Balaban J connectivity index is 1.39. The van der Waals surface area contributed by atoms with Crippen LogP contribution in [0.15, 0.2) is 127 Å². The molecule has 1 fully saturated rings. The Morgan fingerprint density at radius 2 is 1.04 bits per heavy atom. The first-order chi connectivity index (χ1) is 22.9. The summed E-state index contributed by atoms with van der Waals surface area (Å²) < 4.78 is 0. The SMILES string of the molecule is Cc1c(-c2c3ccccc3c(-c3cccc4ccccc34)c3ccccc23)cc2c(c1C)N(c1ccccc1)C1(C)CCCCC21C. The first kappa shape index (κ1) is 28.4. The molecule has 0 bridgehead atoms. The molecule has 2 aliphatic rings. The highest BCUT2D eigenvalue weighted by Crippen LogP contribution is 2.63. The fraction of sp³-hybridized carbons (Fsp3) is 0.217. The summed E-state index contributed by atoms with van der Waals surface area (Å²) in [4.78, 5) is 2.73. The maximum absolute atomic E-state index is 2.73. The Hall–Kier alpha value is -4.88. The lowest BCUT2D eigenvalue weighted by molar-refractivity contribution is 0.195. The third-order valence-electron chi connectivity index (χ3n) is 12.2. The first-order valence-corrected chi connectivity index (χ1v) is 17.3. The van der Waals surface area contributed by atoms with Crippen LogP contribution in [0.4, 0.5) is 11.4 Å². The van der Waals surface area contributed by atoms with Gasteiger partial charge in [-0.2, -0.15) is 0 Å². The minimum absolute atomic E-state index is 0.0210. The van der Waals surface area contributed by atoms with Crippen molar-refractivity contribution in [2.45, 2.75) is 64.3 Å². The van der Waals surface area contributed by atoms with Crippen molar-refractivity contribution in [3.63, 3.8) is 0 Å². The molecule has 230 valence electrons. The molecule has 1 nitrogen and oxygen atoms in total. The lowest BCUT2D eigenvalue weighted by Crippen LogP contribution is -2.54. The highest BCUT2D eigenvalue weighted by atomic mass is 15.3. The molecule has 7 aromatic rings. The van der Waals surface area contributed by atoms with E-state index < -0.39 is 0 Å². The smallest absolute Gasteiger partial charge is 0.0518 e. The Morgan fingerprint density at radius 1 is 0.511 bits per heavy atom. The van der Waals surface area contributed by atoms with Gasteiger partial charge < -0.3 is 4.90 Å². The second-order valence-corrected chi connectivity index (χ2v) is 14.4. The van der Waals surface area contributed by atoms with E-state index in [-0.39, 0.29) is 11.0 Å². The minimum atomic E-state index is 0.0210. The van der Waals surface area contributed by atoms with Gasteiger partial charge in [-0.05, 0) is 123 Å². The average Bonchev–Trinajstić information content (AvgIpc) is 3.32.